The van der Waals surface area contributed by atoms with Gasteiger partial charge >= 0.3 is 6.01 Å². The van der Waals surface area contributed by atoms with Crippen LogP contribution in [-0.2, 0) is 10.5 Å². The summed E-state index contributed by atoms with van der Waals surface area (Å²) in [4.78, 5) is 20.8. The second-order valence-electron chi connectivity index (χ2n) is 12.7. The highest BCUT2D eigenvalue weighted by atomic mass is 32.2. The number of aromatic nitrogens is 3. The van der Waals surface area contributed by atoms with E-state index < -0.39 is 11.3 Å². The smallest absolute Gasteiger partial charge is 0.320 e. The van der Waals surface area contributed by atoms with Gasteiger partial charge in [-0.2, -0.15) is 20.5 Å². The fourth-order valence-corrected chi connectivity index (χ4v) is 10.2. The Morgan fingerprint density at radius 2 is 1.93 bits per heavy atom. The molecule has 0 unspecified atom stereocenters. The van der Waals surface area contributed by atoms with E-state index in [-0.39, 0.29) is 35.9 Å². The average molecular weight is 665 g/mol. The zero-order valence-electron chi connectivity index (χ0n) is 25.8. The molecule has 3 aromatic heterocycles. The molecule has 15 heteroatoms. The molecule has 1 aliphatic carbocycles. The first-order chi connectivity index (χ1) is 22.0. The van der Waals surface area contributed by atoms with Crippen LogP contribution in [0.3, 0.4) is 0 Å². The van der Waals surface area contributed by atoms with Crippen molar-refractivity contribution in [3.63, 3.8) is 0 Å². The molecule has 2 saturated heterocycles. The second-order valence-corrected chi connectivity index (χ2v) is 15.2. The largest absolute Gasteiger partial charge is 0.462 e. The summed E-state index contributed by atoms with van der Waals surface area (Å²) in [6.07, 6.45) is 1.87. The van der Waals surface area contributed by atoms with Crippen LogP contribution in [0.15, 0.2) is 18.3 Å². The molecule has 6 heterocycles. The van der Waals surface area contributed by atoms with Gasteiger partial charge in [0.15, 0.2) is 11.6 Å². The van der Waals surface area contributed by atoms with Gasteiger partial charge in [0.05, 0.1) is 21.8 Å². The van der Waals surface area contributed by atoms with E-state index >= 15 is 0 Å². The Balaban J connectivity index is 1.23. The van der Waals surface area contributed by atoms with Crippen molar-refractivity contribution in [3.05, 3.63) is 45.5 Å². The summed E-state index contributed by atoms with van der Waals surface area (Å²) in [6.45, 7) is 5.95. The van der Waals surface area contributed by atoms with E-state index in [2.05, 4.69) is 17.1 Å². The van der Waals surface area contributed by atoms with Crippen LogP contribution in [0, 0.1) is 28.1 Å². The van der Waals surface area contributed by atoms with Gasteiger partial charge in [0, 0.05) is 66.6 Å². The van der Waals surface area contributed by atoms with Gasteiger partial charge in [-0.05, 0) is 33.4 Å². The molecule has 3 atom stereocenters. The topological polar surface area (TPSA) is 157 Å². The number of likely N-dealkylation sites (tertiary alicyclic amines) is 1. The number of alkyl halides is 2. The number of halogens is 2. The third-order valence-corrected chi connectivity index (χ3v) is 12.7. The Bertz CT molecular complexity index is 1800. The highest BCUT2D eigenvalue weighted by Crippen LogP contribution is 2.66. The minimum Gasteiger partial charge on any atom is -0.462 e. The third-order valence-electron chi connectivity index (χ3n) is 10.0. The van der Waals surface area contributed by atoms with Gasteiger partial charge in [-0.25, -0.2) is 13.8 Å². The predicted molar refractivity (Wildman–Crippen MR) is 174 cm³/mol. The van der Waals surface area contributed by atoms with Crippen LogP contribution in [0.4, 0.5) is 31.2 Å². The monoisotopic (exact) mass is 664 g/mol. The lowest BCUT2D eigenvalue weighted by Gasteiger charge is -2.49. The number of rotatable bonds is 8. The molecular weight excluding hydrogens is 631 g/mol. The summed E-state index contributed by atoms with van der Waals surface area (Å²) in [5.74, 6) is -0.660. The molecular formula is C31H34F2N10OS2. The number of pyridine rings is 1. The first-order valence-electron chi connectivity index (χ1n) is 15.2. The van der Waals surface area contributed by atoms with Crippen LogP contribution < -0.4 is 26.0 Å². The summed E-state index contributed by atoms with van der Waals surface area (Å²) >= 11 is 3.25. The van der Waals surface area contributed by atoms with E-state index in [0.29, 0.717) is 66.2 Å². The number of nitrogen functional groups attached to an aromatic ring is 2. The van der Waals surface area contributed by atoms with E-state index in [9.17, 15) is 19.3 Å². The lowest BCUT2D eigenvalue weighted by atomic mass is 9.88. The molecule has 0 radical (unpaired) electrons. The summed E-state index contributed by atoms with van der Waals surface area (Å²) < 4.78 is 34.3. The van der Waals surface area contributed by atoms with Crippen molar-refractivity contribution in [3.8, 4) is 18.1 Å². The van der Waals surface area contributed by atoms with Gasteiger partial charge in [-0.3, -0.25) is 4.90 Å². The molecule has 4 aliphatic rings. The Labute approximate surface area is 274 Å². The van der Waals surface area contributed by atoms with E-state index in [1.165, 1.54) is 11.3 Å². The fourth-order valence-electron chi connectivity index (χ4n) is 7.42. The van der Waals surface area contributed by atoms with Crippen molar-refractivity contribution in [1.29, 1.82) is 10.5 Å². The molecule has 3 fully saturated rings. The summed E-state index contributed by atoms with van der Waals surface area (Å²) in [7, 11) is 1.84. The van der Waals surface area contributed by atoms with Gasteiger partial charge in [-0.15, -0.1) is 23.1 Å². The number of thioether (sulfide) groups is 1. The van der Waals surface area contributed by atoms with Crippen LogP contribution in [0.1, 0.15) is 59.9 Å². The number of ether oxygens (including phenoxy) is 1. The van der Waals surface area contributed by atoms with Crippen molar-refractivity contribution in [2.24, 2.45) is 5.41 Å². The summed E-state index contributed by atoms with van der Waals surface area (Å²) in [6, 6.07) is 7.93. The average Bonchev–Trinajstić information content (AvgIpc) is 3.33. The number of nitrogens with two attached hydrogens (primary N) is 2. The van der Waals surface area contributed by atoms with Gasteiger partial charge in [0.2, 0.25) is 0 Å². The number of fused-ring (bicyclic) bond motifs is 2. The molecule has 240 valence electrons. The minimum absolute atomic E-state index is 0.0731. The van der Waals surface area contributed by atoms with E-state index in [0.717, 1.165) is 21.8 Å². The van der Waals surface area contributed by atoms with Gasteiger partial charge < -0.3 is 26.0 Å². The van der Waals surface area contributed by atoms with Crippen molar-refractivity contribution < 1.29 is 13.5 Å². The molecule has 2 spiro atoms. The van der Waals surface area contributed by atoms with E-state index in [1.54, 1.807) is 18.0 Å². The van der Waals surface area contributed by atoms with Gasteiger partial charge in [-0.1, -0.05) is 6.07 Å². The van der Waals surface area contributed by atoms with Crippen molar-refractivity contribution in [2.45, 2.75) is 55.2 Å². The summed E-state index contributed by atoms with van der Waals surface area (Å²) in [5, 5.41) is 21.0. The fraction of sp³-hybridized carbons (Fsp3) is 0.516. The molecule has 11 nitrogen and oxygen atoms in total. The maximum absolute atomic E-state index is 14.2. The number of likely N-dealkylation sites (N-methyl/N-ethyl adjacent to an activating group) is 1. The van der Waals surface area contributed by atoms with Crippen LogP contribution >= 0.6 is 23.1 Å². The number of nitriles is 2. The molecule has 0 bridgehead atoms. The first-order valence-corrected chi connectivity index (χ1v) is 17.0. The van der Waals surface area contributed by atoms with Crippen LogP contribution in [0.2, 0.25) is 0 Å². The highest BCUT2D eigenvalue weighted by Gasteiger charge is 2.73. The van der Waals surface area contributed by atoms with Crippen molar-refractivity contribution >= 4 is 45.6 Å². The van der Waals surface area contributed by atoms with Gasteiger partial charge in [0.25, 0.3) is 5.92 Å². The molecule has 3 aliphatic heterocycles. The molecule has 0 amide bonds. The molecule has 0 aromatic carbocycles. The predicted octanol–water partition coefficient (Wildman–Crippen LogP) is 4.50. The van der Waals surface area contributed by atoms with Gasteiger partial charge in [0.1, 0.15) is 35.1 Å². The van der Waals surface area contributed by atoms with Crippen LogP contribution in [0.25, 0.3) is 0 Å². The normalized spacial score (nSPS) is 24.3. The Morgan fingerprint density at radius 3 is 2.57 bits per heavy atom. The molecule has 46 heavy (non-hydrogen) atoms. The molecule has 1 saturated carbocycles. The van der Waals surface area contributed by atoms with E-state index in [4.69, 9.17) is 26.2 Å². The zero-order valence-corrected chi connectivity index (χ0v) is 27.4. The molecule has 4 N–H and O–H groups in total. The minimum atomic E-state index is -2.64. The number of hydrogen-bond acceptors (Lipinski definition) is 13. The maximum Gasteiger partial charge on any atom is 0.320 e. The van der Waals surface area contributed by atoms with E-state index in [1.807, 2.05) is 47.7 Å². The standard InChI is InChI=1S/C31H34F2N10OS2/c1-4-43(17(2)19-6-5-7-38-24(19)36)27-21(10-35)26(42-15-30(16-42)23-20(9-34)25(37)46-22(23)12-45-30)39-28(40-27)44-11-18-8-29(14-41(18)3)13-31(29,32)33/h5-7,17-18H,4,8,11-16,37H2,1-3H3,(H2,36,38)/t17-,18+,29-/m1/s1. The highest BCUT2D eigenvalue weighted by molar-refractivity contribution is 8.00. The Hall–Kier alpha value is -3.92. The van der Waals surface area contributed by atoms with Crippen molar-refractivity contribution in [2.75, 3.05) is 61.1 Å². The Kier molecular flexibility index (Phi) is 7.23. The van der Waals surface area contributed by atoms with Crippen LogP contribution in [-0.4, -0.2) is 71.6 Å². The second kappa shape index (κ2) is 10.8. The number of anilines is 4. The summed E-state index contributed by atoms with van der Waals surface area (Å²) in [5.41, 5.74) is 14.1. The lowest BCUT2D eigenvalue weighted by Crippen LogP contribution is -2.57. The zero-order chi connectivity index (χ0) is 32.6. The van der Waals surface area contributed by atoms with Crippen molar-refractivity contribution in [1.82, 2.24) is 19.9 Å². The molecule has 3 aromatic rings. The quantitative estimate of drug-likeness (QED) is 0.348. The third kappa shape index (κ3) is 4.62. The first kappa shape index (κ1) is 30.7. The maximum atomic E-state index is 14.2. The number of hydrogen-bond donors (Lipinski definition) is 2. The van der Waals surface area contributed by atoms with Crippen LogP contribution in [0.5, 0.6) is 6.01 Å². The molecule has 7 rings (SSSR count). The SMILES string of the molecule is CCN(c1nc(OC[C@@H]2C[C@]3(CN2C)CC3(F)F)nc(N2CC3(C2)SCc2sc(N)c(C#N)c23)c1C#N)[C@H](C)c1cccnc1N. The number of thiophene rings is 1. The Morgan fingerprint density at radius 1 is 1.20 bits per heavy atom. The lowest BCUT2D eigenvalue weighted by molar-refractivity contribution is 0.0671. The number of nitrogens with zero attached hydrogens (tertiary/aromatic N) is 8.